The van der Waals surface area contributed by atoms with Crippen LogP contribution in [0.25, 0.3) is 0 Å². The molecular weight excluding hydrogens is 289 g/mol. The van der Waals surface area contributed by atoms with Crippen LogP contribution in [0.4, 0.5) is 13.2 Å². The average molecular weight is 308 g/mol. The van der Waals surface area contributed by atoms with E-state index in [1.165, 1.54) is 0 Å². The van der Waals surface area contributed by atoms with Crippen LogP contribution in [-0.2, 0) is 11.3 Å². The molecule has 1 aromatic carbocycles. The molecule has 0 saturated heterocycles. The van der Waals surface area contributed by atoms with Gasteiger partial charge in [0.25, 0.3) is 0 Å². The number of alkyl halides is 3. The molecule has 0 unspecified atom stereocenters. The summed E-state index contributed by atoms with van der Waals surface area (Å²) < 4.78 is 51.0. The summed E-state index contributed by atoms with van der Waals surface area (Å²) in [6, 6.07) is 5.13. The minimum absolute atomic E-state index is 0.0508. The standard InChI is InChI=1S/C14H19F3O4/c1-2-20-12-6-3-5-11(9-18)13(12)21-8-4-7-19-10-14(15,16)17/h3,5-6,18H,2,4,7-10H2,1H3. The second-order valence-electron chi connectivity index (χ2n) is 4.21. The molecule has 1 N–H and O–H groups in total. The van der Waals surface area contributed by atoms with Crippen molar-refractivity contribution in [2.45, 2.75) is 26.1 Å². The van der Waals surface area contributed by atoms with Gasteiger partial charge in [-0.15, -0.1) is 0 Å². The predicted octanol–water partition coefficient (Wildman–Crippen LogP) is 2.93. The lowest BCUT2D eigenvalue weighted by molar-refractivity contribution is -0.174. The number of hydrogen-bond donors (Lipinski definition) is 1. The molecule has 1 aromatic rings. The van der Waals surface area contributed by atoms with Gasteiger partial charge in [-0.05, 0) is 13.0 Å². The van der Waals surface area contributed by atoms with Crippen LogP contribution in [0.3, 0.4) is 0 Å². The Balaban J connectivity index is 2.43. The van der Waals surface area contributed by atoms with Crippen LogP contribution >= 0.6 is 0 Å². The molecule has 0 fully saturated rings. The maximum absolute atomic E-state index is 11.9. The van der Waals surface area contributed by atoms with E-state index in [0.717, 1.165) is 0 Å². The number of aliphatic hydroxyl groups is 1. The van der Waals surface area contributed by atoms with Gasteiger partial charge in [-0.3, -0.25) is 0 Å². The molecule has 1 rings (SSSR count). The highest BCUT2D eigenvalue weighted by Crippen LogP contribution is 2.31. The van der Waals surface area contributed by atoms with Gasteiger partial charge in [-0.2, -0.15) is 13.2 Å². The van der Waals surface area contributed by atoms with E-state index in [0.29, 0.717) is 30.1 Å². The summed E-state index contributed by atoms with van der Waals surface area (Å²) in [5.41, 5.74) is 0.567. The van der Waals surface area contributed by atoms with Crippen molar-refractivity contribution in [3.8, 4) is 11.5 Å². The predicted molar refractivity (Wildman–Crippen MR) is 70.5 cm³/mol. The first-order valence-corrected chi connectivity index (χ1v) is 6.60. The minimum Gasteiger partial charge on any atom is -0.490 e. The van der Waals surface area contributed by atoms with E-state index in [1.54, 1.807) is 18.2 Å². The van der Waals surface area contributed by atoms with E-state index in [9.17, 15) is 18.3 Å². The van der Waals surface area contributed by atoms with Gasteiger partial charge in [0.15, 0.2) is 11.5 Å². The third kappa shape index (κ3) is 6.68. The molecule has 0 radical (unpaired) electrons. The summed E-state index contributed by atoms with van der Waals surface area (Å²) in [6.45, 7) is 0.922. The zero-order valence-corrected chi connectivity index (χ0v) is 11.8. The second kappa shape index (κ2) is 8.74. The van der Waals surface area contributed by atoms with Gasteiger partial charge in [0.2, 0.25) is 0 Å². The van der Waals surface area contributed by atoms with Gasteiger partial charge in [0.05, 0.1) is 26.4 Å². The summed E-state index contributed by atoms with van der Waals surface area (Å²) in [5, 5.41) is 9.26. The molecular formula is C14H19F3O4. The van der Waals surface area contributed by atoms with Crippen molar-refractivity contribution in [3.05, 3.63) is 23.8 Å². The summed E-state index contributed by atoms with van der Waals surface area (Å²) in [6.07, 6.45) is -4.01. The lowest BCUT2D eigenvalue weighted by Crippen LogP contribution is -2.18. The lowest BCUT2D eigenvalue weighted by atomic mass is 10.2. The second-order valence-corrected chi connectivity index (χ2v) is 4.21. The summed E-state index contributed by atoms with van der Waals surface area (Å²) in [7, 11) is 0. The quantitative estimate of drug-likeness (QED) is 0.713. The molecule has 0 aliphatic rings. The molecule has 0 heterocycles. The number of hydrogen-bond acceptors (Lipinski definition) is 4. The molecule has 120 valence electrons. The molecule has 0 bridgehead atoms. The first-order valence-electron chi connectivity index (χ1n) is 6.60. The van der Waals surface area contributed by atoms with Crippen LogP contribution in [-0.4, -0.2) is 37.7 Å². The van der Waals surface area contributed by atoms with Gasteiger partial charge in [-0.25, -0.2) is 0 Å². The fourth-order valence-corrected chi connectivity index (χ4v) is 1.64. The van der Waals surface area contributed by atoms with Crippen LogP contribution < -0.4 is 9.47 Å². The fourth-order valence-electron chi connectivity index (χ4n) is 1.64. The molecule has 0 atom stereocenters. The highest BCUT2D eigenvalue weighted by molar-refractivity contribution is 5.46. The van der Waals surface area contributed by atoms with Crippen molar-refractivity contribution >= 4 is 0 Å². The Morgan fingerprint density at radius 1 is 1.14 bits per heavy atom. The van der Waals surface area contributed by atoms with Crippen LogP contribution in [0.5, 0.6) is 11.5 Å². The molecule has 0 spiro atoms. The largest absolute Gasteiger partial charge is 0.490 e. The Morgan fingerprint density at radius 2 is 1.90 bits per heavy atom. The fraction of sp³-hybridized carbons (Fsp3) is 0.571. The van der Waals surface area contributed by atoms with E-state index < -0.39 is 12.8 Å². The highest BCUT2D eigenvalue weighted by atomic mass is 19.4. The van der Waals surface area contributed by atoms with Crippen LogP contribution in [0.2, 0.25) is 0 Å². The van der Waals surface area contributed by atoms with Gasteiger partial charge < -0.3 is 19.3 Å². The Kier molecular flexibility index (Phi) is 7.31. The van der Waals surface area contributed by atoms with Crippen molar-refractivity contribution < 1.29 is 32.5 Å². The van der Waals surface area contributed by atoms with Crippen LogP contribution in [0.1, 0.15) is 18.9 Å². The van der Waals surface area contributed by atoms with Gasteiger partial charge in [-0.1, -0.05) is 12.1 Å². The van der Waals surface area contributed by atoms with Crippen LogP contribution in [0, 0.1) is 0 Å². The Hall–Kier alpha value is -1.47. The number of para-hydroxylation sites is 1. The summed E-state index contributed by atoms with van der Waals surface area (Å²) in [5.74, 6) is 0.915. The minimum atomic E-state index is -4.31. The number of ether oxygens (including phenoxy) is 3. The topological polar surface area (TPSA) is 47.9 Å². The number of rotatable bonds is 9. The first-order chi connectivity index (χ1) is 9.98. The van der Waals surface area contributed by atoms with E-state index in [-0.39, 0.29) is 19.8 Å². The molecule has 0 aliphatic carbocycles. The number of halogens is 3. The number of benzene rings is 1. The molecule has 0 amide bonds. The average Bonchev–Trinajstić information content (AvgIpc) is 2.42. The molecule has 21 heavy (non-hydrogen) atoms. The van der Waals surface area contributed by atoms with E-state index in [1.807, 2.05) is 6.92 Å². The zero-order valence-electron chi connectivity index (χ0n) is 11.8. The maximum Gasteiger partial charge on any atom is 0.411 e. The van der Waals surface area contributed by atoms with Crippen LogP contribution in [0.15, 0.2) is 18.2 Å². The molecule has 4 nitrogen and oxygen atoms in total. The van der Waals surface area contributed by atoms with Crippen molar-refractivity contribution in [1.82, 2.24) is 0 Å². The van der Waals surface area contributed by atoms with Gasteiger partial charge in [0.1, 0.15) is 6.61 Å². The smallest absolute Gasteiger partial charge is 0.411 e. The van der Waals surface area contributed by atoms with Crippen molar-refractivity contribution in [1.29, 1.82) is 0 Å². The summed E-state index contributed by atoms with van der Waals surface area (Å²) >= 11 is 0. The normalized spacial score (nSPS) is 11.5. The van der Waals surface area contributed by atoms with Crippen molar-refractivity contribution in [3.63, 3.8) is 0 Å². The van der Waals surface area contributed by atoms with Gasteiger partial charge >= 0.3 is 6.18 Å². The zero-order chi connectivity index (χ0) is 15.7. The third-order valence-corrected chi connectivity index (χ3v) is 2.48. The SMILES string of the molecule is CCOc1cccc(CO)c1OCCCOCC(F)(F)F. The van der Waals surface area contributed by atoms with E-state index in [2.05, 4.69) is 4.74 Å². The monoisotopic (exact) mass is 308 g/mol. The van der Waals surface area contributed by atoms with E-state index in [4.69, 9.17) is 9.47 Å². The lowest BCUT2D eigenvalue weighted by Gasteiger charge is -2.15. The molecule has 0 aromatic heterocycles. The summed E-state index contributed by atoms with van der Waals surface area (Å²) in [4.78, 5) is 0. The van der Waals surface area contributed by atoms with Crippen molar-refractivity contribution in [2.24, 2.45) is 0 Å². The molecule has 0 aliphatic heterocycles. The Bertz CT molecular complexity index is 421. The van der Waals surface area contributed by atoms with Crippen molar-refractivity contribution in [2.75, 3.05) is 26.4 Å². The van der Waals surface area contributed by atoms with E-state index >= 15 is 0 Å². The molecule has 7 heteroatoms. The number of aliphatic hydroxyl groups excluding tert-OH is 1. The Labute approximate surface area is 121 Å². The Morgan fingerprint density at radius 3 is 2.52 bits per heavy atom. The molecule has 0 saturated carbocycles. The van der Waals surface area contributed by atoms with Gasteiger partial charge in [0, 0.05) is 12.0 Å². The first kappa shape index (κ1) is 17.6. The third-order valence-electron chi connectivity index (χ3n) is 2.48. The maximum atomic E-state index is 11.9. The highest BCUT2D eigenvalue weighted by Gasteiger charge is 2.27.